The average molecular weight is 201 g/mol. The third-order valence-corrected chi connectivity index (χ3v) is 3.10. The molecule has 1 aromatic heterocycles. The Hall–Kier alpha value is -1.35. The minimum atomic E-state index is 0.721. The number of nitrogens with zero attached hydrogens (tertiary/aromatic N) is 1. The second kappa shape index (κ2) is 3.66. The molecule has 2 aromatic rings. The van der Waals surface area contributed by atoms with Crippen LogP contribution in [0.15, 0.2) is 24.3 Å². The molecule has 3 nitrogen and oxygen atoms in total. The number of nitrogens with one attached hydrogen (secondary N) is 2. The van der Waals surface area contributed by atoms with Crippen molar-refractivity contribution in [2.24, 2.45) is 0 Å². The minimum absolute atomic E-state index is 0.721. The summed E-state index contributed by atoms with van der Waals surface area (Å²) in [7, 11) is 0. The molecule has 78 valence electrons. The van der Waals surface area contributed by atoms with Gasteiger partial charge in [0.2, 0.25) is 0 Å². The van der Waals surface area contributed by atoms with Gasteiger partial charge in [-0.1, -0.05) is 18.6 Å². The molecule has 3 rings (SSSR count). The van der Waals surface area contributed by atoms with Crippen LogP contribution in [0.5, 0.6) is 0 Å². The second-order valence-corrected chi connectivity index (χ2v) is 4.21. The molecular weight excluding hydrogens is 186 g/mol. The monoisotopic (exact) mass is 201 g/mol. The van der Waals surface area contributed by atoms with Gasteiger partial charge in [0.25, 0.3) is 0 Å². The number of fused-ring (bicyclic) bond motifs is 1. The van der Waals surface area contributed by atoms with E-state index in [0.717, 1.165) is 29.4 Å². The van der Waals surface area contributed by atoms with Crippen LogP contribution in [0.25, 0.3) is 11.0 Å². The molecule has 1 fully saturated rings. The zero-order chi connectivity index (χ0) is 10.1. The first-order chi connectivity index (χ1) is 7.42. The van der Waals surface area contributed by atoms with E-state index in [1.165, 1.54) is 19.3 Å². The maximum absolute atomic E-state index is 4.53. The van der Waals surface area contributed by atoms with Gasteiger partial charge in [0.05, 0.1) is 17.6 Å². The van der Waals surface area contributed by atoms with Crippen molar-refractivity contribution < 1.29 is 0 Å². The van der Waals surface area contributed by atoms with Crippen LogP contribution < -0.4 is 5.32 Å². The lowest BCUT2D eigenvalue weighted by atomic mass is 9.93. The van der Waals surface area contributed by atoms with Crippen molar-refractivity contribution in [3.63, 3.8) is 0 Å². The van der Waals surface area contributed by atoms with Crippen molar-refractivity contribution >= 4 is 11.0 Å². The van der Waals surface area contributed by atoms with Gasteiger partial charge < -0.3 is 10.3 Å². The minimum Gasteiger partial charge on any atom is -0.341 e. The van der Waals surface area contributed by atoms with E-state index < -0.39 is 0 Å². The van der Waals surface area contributed by atoms with E-state index in [4.69, 9.17) is 0 Å². The quantitative estimate of drug-likeness (QED) is 0.799. The lowest BCUT2D eigenvalue weighted by Crippen LogP contribution is -2.34. The molecule has 0 saturated heterocycles. The fraction of sp³-hybridized carbons (Fsp3) is 0.417. The molecule has 1 heterocycles. The van der Waals surface area contributed by atoms with Gasteiger partial charge >= 0.3 is 0 Å². The number of aromatic amines is 1. The number of H-pyrrole nitrogens is 1. The van der Waals surface area contributed by atoms with Gasteiger partial charge in [0.15, 0.2) is 0 Å². The number of benzene rings is 1. The molecule has 2 N–H and O–H groups in total. The summed E-state index contributed by atoms with van der Waals surface area (Å²) in [6, 6.07) is 8.88. The average Bonchev–Trinajstić information content (AvgIpc) is 2.57. The molecule has 0 bridgehead atoms. The molecule has 1 aliphatic rings. The van der Waals surface area contributed by atoms with Crippen molar-refractivity contribution in [3.8, 4) is 0 Å². The highest BCUT2D eigenvalue weighted by atomic mass is 15.0. The van der Waals surface area contributed by atoms with Crippen molar-refractivity contribution in [2.75, 3.05) is 0 Å². The largest absolute Gasteiger partial charge is 0.341 e. The Morgan fingerprint density at radius 1 is 1.33 bits per heavy atom. The predicted molar refractivity (Wildman–Crippen MR) is 60.6 cm³/mol. The number of rotatable bonds is 3. The number of hydrogen-bond acceptors (Lipinski definition) is 2. The number of aromatic nitrogens is 2. The first-order valence-corrected chi connectivity index (χ1v) is 5.59. The molecule has 0 aliphatic heterocycles. The van der Waals surface area contributed by atoms with Crippen molar-refractivity contribution in [1.29, 1.82) is 0 Å². The topological polar surface area (TPSA) is 40.7 Å². The Labute approximate surface area is 88.9 Å². The van der Waals surface area contributed by atoms with E-state index in [9.17, 15) is 0 Å². The Balaban J connectivity index is 1.73. The molecular formula is C12H15N3. The highest BCUT2D eigenvalue weighted by Crippen LogP contribution is 2.18. The van der Waals surface area contributed by atoms with E-state index in [0.29, 0.717) is 0 Å². The molecule has 1 saturated carbocycles. The van der Waals surface area contributed by atoms with Crippen LogP contribution in [0.4, 0.5) is 0 Å². The summed E-state index contributed by atoms with van der Waals surface area (Å²) in [5.41, 5.74) is 2.19. The third kappa shape index (κ3) is 1.75. The normalized spacial score (nSPS) is 16.8. The van der Waals surface area contributed by atoms with Crippen LogP contribution >= 0.6 is 0 Å². The van der Waals surface area contributed by atoms with Crippen LogP contribution in [0.3, 0.4) is 0 Å². The number of imidazole rings is 1. The van der Waals surface area contributed by atoms with Crippen molar-refractivity contribution in [2.45, 2.75) is 31.8 Å². The predicted octanol–water partition coefficient (Wildman–Crippen LogP) is 2.21. The number of hydrogen-bond donors (Lipinski definition) is 2. The second-order valence-electron chi connectivity index (χ2n) is 4.21. The van der Waals surface area contributed by atoms with Gasteiger partial charge in [-0.15, -0.1) is 0 Å². The van der Waals surface area contributed by atoms with Crippen LogP contribution in [0.1, 0.15) is 25.1 Å². The van der Waals surface area contributed by atoms with Gasteiger partial charge in [0, 0.05) is 6.04 Å². The Morgan fingerprint density at radius 2 is 2.20 bits per heavy atom. The van der Waals surface area contributed by atoms with Crippen LogP contribution in [-0.4, -0.2) is 16.0 Å². The maximum atomic E-state index is 4.53. The maximum Gasteiger partial charge on any atom is 0.121 e. The van der Waals surface area contributed by atoms with Gasteiger partial charge in [-0.3, -0.25) is 0 Å². The molecule has 0 spiro atoms. The standard InChI is InChI=1S/C12H15N3/c1-2-7-11-10(6-1)14-12(15-11)8-13-9-4-3-5-9/h1-2,6-7,9,13H,3-5,8H2,(H,14,15). The third-order valence-electron chi connectivity index (χ3n) is 3.10. The Morgan fingerprint density at radius 3 is 2.93 bits per heavy atom. The molecule has 0 amide bonds. The first kappa shape index (κ1) is 8.92. The van der Waals surface area contributed by atoms with Gasteiger partial charge in [-0.25, -0.2) is 4.98 Å². The number of para-hydroxylation sites is 2. The van der Waals surface area contributed by atoms with E-state index in [-0.39, 0.29) is 0 Å². The van der Waals surface area contributed by atoms with Gasteiger partial charge in [0.1, 0.15) is 5.82 Å². The highest BCUT2D eigenvalue weighted by Gasteiger charge is 2.16. The lowest BCUT2D eigenvalue weighted by molar-refractivity contribution is 0.336. The van der Waals surface area contributed by atoms with E-state index in [1.54, 1.807) is 0 Å². The molecule has 1 aliphatic carbocycles. The lowest BCUT2D eigenvalue weighted by Gasteiger charge is -2.25. The molecule has 1 aromatic carbocycles. The first-order valence-electron chi connectivity index (χ1n) is 5.59. The molecule has 0 radical (unpaired) electrons. The summed E-state index contributed by atoms with van der Waals surface area (Å²) in [6.07, 6.45) is 4.01. The Kier molecular flexibility index (Phi) is 2.18. The van der Waals surface area contributed by atoms with Gasteiger partial charge in [-0.2, -0.15) is 0 Å². The fourth-order valence-electron chi connectivity index (χ4n) is 1.94. The zero-order valence-corrected chi connectivity index (χ0v) is 8.66. The molecule has 15 heavy (non-hydrogen) atoms. The summed E-state index contributed by atoms with van der Waals surface area (Å²) >= 11 is 0. The zero-order valence-electron chi connectivity index (χ0n) is 8.66. The van der Waals surface area contributed by atoms with E-state index in [2.05, 4.69) is 21.4 Å². The van der Waals surface area contributed by atoms with Crippen LogP contribution in [0, 0.1) is 0 Å². The van der Waals surface area contributed by atoms with Gasteiger partial charge in [-0.05, 0) is 25.0 Å². The van der Waals surface area contributed by atoms with E-state index >= 15 is 0 Å². The van der Waals surface area contributed by atoms with Crippen molar-refractivity contribution in [1.82, 2.24) is 15.3 Å². The van der Waals surface area contributed by atoms with Crippen LogP contribution in [-0.2, 0) is 6.54 Å². The summed E-state index contributed by atoms with van der Waals surface area (Å²) in [4.78, 5) is 7.85. The molecule has 0 atom stereocenters. The summed E-state index contributed by atoms with van der Waals surface area (Å²) in [5, 5.41) is 3.50. The SMILES string of the molecule is c1ccc2[nH]c(CNC3CCC3)nc2c1. The van der Waals surface area contributed by atoms with Crippen molar-refractivity contribution in [3.05, 3.63) is 30.1 Å². The fourth-order valence-corrected chi connectivity index (χ4v) is 1.94. The molecule has 0 unspecified atom stereocenters. The smallest absolute Gasteiger partial charge is 0.121 e. The highest BCUT2D eigenvalue weighted by molar-refractivity contribution is 5.74. The van der Waals surface area contributed by atoms with E-state index in [1.807, 2.05) is 18.2 Å². The summed E-state index contributed by atoms with van der Waals surface area (Å²) in [6.45, 7) is 0.860. The summed E-state index contributed by atoms with van der Waals surface area (Å²) in [5.74, 6) is 1.04. The summed E-state index contributed by atoms with van der Waals surface area (Å²) < 4.78 is 0. The Bertz CT molecular complexity index is 424. The van der Waals surface area contributed by atoms with Crippen LogP contribution in [0.2, 0.25) is 0 Å². The molecule has 3 heteroatoms.